The number of aliphatic hydroxyl groups excluding tert-OH is 1. The summed E-state index contributed by atoms with van der Waals surface area (Å²) in [5, 5.41) is 12.2. The molecule has 1 atom stereocenters. The molecule has 0 aromatic heterocycles. The van der Waals surface area contributed by atoms with Crippen molar-refractivity contribution in [2.45, 2.75) is 25.8 Å². The largest absolute Gasteiger partial charge is 0.394 e. The third-order valence-corrected chi connectivity index (χ3v) is 3.45. The lowest BCUT2D eigenvalue weighted by Gasteiger charge is -2.24. The minimum atomic E-state index is -0.424. The Morgan fingerprint density at radius 1 is 1.58 bits per heavy atom. The summed E-state index contributed by atoms with van der Waals surface area (Å²) in [5.41, 5.74) is 0.584. The third-order valence-electron chi connectivity index (χ3n) is 3.45. The fourth-order valence-electron chi connectivity index (χ4n) is 2.51. The molecule has 1 saturated heterocycles. The SMILES string of the molecule is CCNc1c(F)cccc1C(=O)N1CCCC1CO. The topological polar surface area (TPSA) is 52.6 Å². The maximum atomic E-state index is 13.8. The summed E-state index contributed by atoms with van der Waals surface area (Å²) < 4.78 is 13.8. The first-order valence-electron chi connectivity index (χ1n) is 6.63. The molecule has 1 aliphatic heterocycles. The Labute approximate surface area is 112 Å². The number of anilines is 1. The molecule has 1 aromatic carbocycles. The van der Waals surface area contributed by atoms with Crippen molar-refractivity contribution in [2.75, 3.05) is 25.0 Å². The van der Waals surface area contributed by atoms with Crippen LogP contribution in [0, 0.1) is 5.82 Å². The van der Waals surface area contributed by atoms with E-state index in [0.29, 0.717) is 18.7 Å². The van der Waals surface area contributed by atoms with Gasteiger partial charge in [0.2, 0.25) is 0 Å². The first-order valence-corrected chi connectivity index (χ1v) is 6.63. The van der Waals surface area contributed by atoms with E-state index in [1.54, 1.807) is 11.0 Å². The van der Waals surface area contributed by atoms with Gasteiger partial charge in [-0.3, -0.25) is 4.79 Å². The number of carbonyl (C=O) groups is 1. The molecule has 0 radical (unpaired) electrons. The van der Waals surface area contributed by atoms with Gasteiger partial charge in [-0.2, -0.15) is 0 Å². The second kappa shape index (κ2) is 6.02. The Morgan fingerprint density at radius 3 is 3.05 bits per heavy atom. The zero-order valence-corrected chi connectivity index (χ0v) is 11.0. The van der Waals surface area contributed by atoms with Crippen LogP contribution in [0.15, 0.2) is 18.2 Å². The quantitative estimate of drug-likeness (QED) is 0.874. The first kappa shape index (κ1) is 13.8. The molecule has 1 aromatic rings. The van der Waals surface area contributed by atoms with E-state index in [2.05, 4.69) is 5.32 Å². The van der Waals surface area contributed by atoms with E-state index in [0.717, 1.165) is 12.8 Å². The van der Waals surface area contributed by atoms with Crippen molar-refractivity contribution in [1.82, 2.24) is 4.90 Å². The van der Waals surface area contributed by atoms with Gasteiger partial charge in [0.05, 0.1) is 23.9 Å². The zero-order valence-electron chi connectivity index (χ0n) is 11.0. The summed E-state index contributed by atoms with van der Waals surface area (Å²) in [5.74, 6) is -0.639. The highest BCUT2D eigenvalue weighted by Crippen LogP contribution is 2.25. The minimum absolute atomic E-state index is 0.0441. The smallest absolute Gasteiger partial charge is 0.256 e. The normalized spacial score (nSPS) is 18.7. The molecular formula is C14H19FN2O2. The zero-order chi connectivity index (χ0) is 13.8. The Bertz CT molecular complexity index is 465. The number of hydrogen-bond donors (Lipinski definition) is 2. The summed E-state index contributed by atoms with van der Waals surface area (Å²) in [4.78, 5) is 14.1. The van der Waals surface area contributed by atoms with Crippen molar-refractivity contribution in [3.05, 3.63) is 29.6 Å². The van der Waals surface area contributed by atoms with Gasteiger partial charge in [-0.25, -0.2) is 4.39 Å². The van der Waals surface area contributed by atoms with Gasteiger partial charge in [0.1, 0.15) is 5.82 Å². The van der Waals surface area contributed by atoms with E-state index in [4.69, 9.17) is 0 Å². The Balaban J connectivity index is 2.30. The van der Waals surface area contributed by atoms with Gasteiger partial charge >= 0.3 is 0 Å². The number of hydrogen-bond acceptors (Lipinski definition) is 3. The maximum Gasteiger partial charge on any atom is 0.256 e. The molecule has 0 aliphatic carbocycles. The van der Waals surface area contributed by atoms with Gasteiger partial charge in [-0.15, -0.1) is 0 Å². The molecular weight excluding hydrogens is 247 g/mol. The number of amides is 1. The van der Waals surface area contributed by atoms with E-state index in [9.17, 15) is 14.3 Å². The van der Waals surface area contributed by atoms with Gasteiger partial charge in [-0.1, -0.05) is 6.07 Å². The molecule has 5 heteroatoms. The lowest BCUT2D eigenvalue weighted by Crippen LogP contribution is -2.38. The third kappa shape index (κ3) is 2.71. The second-order valence-electron chi connectivity index (χ2n) is 4.67. The number of rotatable bonds is 4. The van der Waals surface area contributed by atoms with Crippen LogP contribution >= 0.6 is 0 Å². The lowest BCUT2D eigenvalue weighted by molar-refractivity contribution is 0.0678. The van der Waals surface area contributed by atoms with Crippen molar-refractivity contribution in [1.29, 1.82) is 0 Å². The minimum Gasteiger partial charge on any atom is -0.394 e. The summed E-state index contributed by atoms with van der Waals surface area (Å²) >= 11 is 0. The van der Waals surface area contributed by atoms with Crippen LogP contribution < -0.4 is 5.32 Å². The van der Waals surface area contributed by atoms with E-state index in [1.807, 2.05) is 6.92 Å². The molecule has 1 heterocycles. The average molecular weight is 266 g/mol. The number of likely N-dealkylation sites (tertiary alicyclic amines) is 1. The van der Waals surface area contributed by atoms with Crippen LogP contribution in [-0.4, -0.2) is 41.7 Å². The summed E-state index contributed by atoms with van der Waals surface area (Å²) in [6.07, 6.45) is 1.68. The number of para-hydroxylation sites is 1. The number of carbonyl (C=O) groups excluding carboxylic acids is 1. The van der Waals surface area contributed by atoms with E-state index in [-0.39, 0.29) is 24.2 Å². The molecule has 0 bridgehead atoms. The van der Waals surface area contributed by atoms with Crippen molar-refractivity contribution >= 4 is 11.6 Å². The summed E-state index contributed by atoms with van der Waals surface area (Å²) in [6, 6.07) is 4.34. The van der Waals surface area contributed by atoms with E-state index in [1.165, 1.54) is 12.1 Å². The first-order chi connectivity index (χ1) is 9.19. The molecule has 2 N–H and O–H groups in total. The van der Waals surface area contributed by atoms with Gasteiger partial charge in [0.15, 0.2) is 0 Å². The highest BCUT2D eigenvalue weighted by atomic mass is 19.1. The predicted octanol–water partition coefficient (Wildman–Crippen LogP) is 1.85. The second-order valence-corrected chi connectivity index (χ2v) is 4.67. The van der Waals surface area contributed by atoms with Gasteiger partial charge in [0.25, 0.3) is 5.91 Å². The fraction of sp³-hybridized carbons (Fsp3) is 0.500. The van der Waals surface area contributed by atoms with Gasteiger partial charge in [-0.05, 0) is 31.9 Å². The molecule has 104 valence electrons. The average Bonchev–Trinajstić information content (AvgIpc) is 2.89. The monoisotopic (exact) mass is 266 g/mol. The summed E-state index contributed by atoms with van der Waals surface area (Å²) in [6.45, 7) is 2.97. The van der Waals surface area contributed by atoms with Gasteiger partial charge < -0.3 is 15.3 Å². The van der Waals surface area contributed by atoms with Crippen molar-refractivity contribution in [3.8, 4) is 0 Å². The molecule has 19 heavy (non-hydrogen) atoms. The highest BCUT2D eigenvalue weighted by Gasteiger charge is 2.30. The summed E-state index contributed by atoms with van der Waals surface area (Å²) in [7, 11) is 0. The molecule has 1 fully saturated rings. The Kier molecular flexibility index (Phi) is 4.37. The highest BCUT2D eigenvalue weighted by molar-refractivity contribution is 6.00. The van der Waals surface area contributed by atoms with Crippen molar-refractivity contribution in [3.63, 3.8) is 0 Å². The van der Waals surface area contributed by atoms with Crippen LogP contribution in [0.1, 0.15) is 30.1 Å². The van der Waals surface area contributed by atoms with Gasteiger partial charge in [0, 0.05) is 13.1 Å². The van der Waals surface area contributed by atoms with Crippen LogP contribution in [-0.2, 0) is 0 Å². The van der Waals surface area contributed by atoms with E-state index < -0.39 is 5.82 Å². The molecule has 0 spiro atoms. The molecule has 2 rings (SSSR count). The van der Waals surface area contributed by atoms with Crippen molar-refractivity contribution < 1.29 is 14.3 Å². The molecule has 4 nitrogen and oxygen atoms in total. The molecule has 1 amide bonds. The van der Waals surface area contributed by atoms with Crippen LogP contribution in [0.5, 0.6) is 0 Å². The van der Waals surface area contributed by atoms with E-state index >= 15 is 0 Å². The number of benzene rings is 1. The van der Waals surface area contributed by atoms with Crippen molar-refractivity contribution in [2.24, 2.45) is 0 Å². The maximum absolute atomic E-state index is 13.8. The van der Waals surface area contributed by atoms with Crippen LogP contribution in [0.25, 0.3) is 0 Å². The lowest BCUT2D eigenvalue weighted by atomic mass is 10.1. The number of halogens is 1. The Hall–Kier alpha value is -1.62. The van der Waals surface area contributed by atoms with Crippen LogP contribution in [0.3, 0.4) is 0 Å². The predicted molar refractivity (Wildman–Crippen MR) is 71.7 cm³/mol. The standard InChI is InChI=1S/C14H19FN2O2/c1-2-16-13-11(6-3-7-12(13)15)14(19)17-8-4-5-10(17)9-18/h3,6-7,10,16,18H,2,4-5,8-9H2,1H3. The van der Waals surface area contributed by atoms with Crippen LogP contribution in [0.2, 0.25) is 0 Å². The molecule has 1 aliphatic rings. The molecule has 1 unspecified atom stereocenters. The Morgan fingerprint density at radius 2 is 2.37 bits per heavy atom. The number of nitrogens with zero attached hydrogens (tertiary/aromatic N) is 1. The molecule has 0 saturated carbocycles. The number of aliphatic hydroxyl groups is 1. The fourth-order valence-corrected chi connectivity index (χ4v) is 2.51. The number of nitrogens with one attached hydrogen (secondary N) is 1. The van der Waals surface area contributed by atoms with Crippen LogP contribution in [0.4, 0.5) is 10.1 Å².